The number of rotatable bonds is 7. The van der Waals surface area contributed by atoms with E-state index in [1.165, 1.54) is 19.3 Å². The summed E-state index contributed by atoms with van der Waals surface area (Å²) < 4.78 is 11.1. The Kier molecular flexibility index (Phi) is 6.05. The van der Waals surface area contributed by atoms with Gasteiger partial charge in [-0.3, -0.25) is 5.10 Å². The molecule has 136 valence electrons. The van der Waals surface area contributed by atoms with Crippen LogP contribution < -0.4 is 10.6 Å². The molecule has 0 radical (unpaired) electrons. The molecule has 2 unspecified atom stereocenters. The summed E-state index contributed by atoms with van der Waals surface area (Å²) in [4.78, 5) is 16.1. The van der Waals surface area contributed by atoms with Crippen LogP contribution in [-0.4, -0.2) is 40.5 Å². The Morgan fingerprint density at radius 3 is 3.08 bits per heavy atom. The molecule has 0 aliphatic heterocycles. The number of nitrogens with one attached hydrogen (secondary N) is 3. The predicted octanol–water partition coefficient (Wildman–Crippen LogP) is 2.46. The third kappa shape index (κ3) is 5.06. The van der Waals surface area contributed by atoms with Gasteiger partial charge in [0.15, 0.2) is 5.76 Å². The van der Waals surface area contributed by atoms with Gasteiger partial charge in [-0.25, -0.2) is 9.78 Å². The van der Waals surface area contributed by atoms with E-state index in [4.69, 9.17) is 9.15 Å². The fraction of sp³-hybridized carbons (Fsp3) is 0.588. The highest BCUT2D eigenvalue weighted by atomic mass is 16.5. The molecule has 2 heterocycles. The van der Waals surface area contributed by atoms with E-state index in [2.05, 4.69) is 32.7 Å². The van der Waals surface area contributed by atoms with Crippen molar-refractivity contribution in [3.05, 3.63) is 24.2 Å². The lowest BCUT2D eigenvalue weighted by atomic mass is 9.88. The molecule has 2 aromatic heterocycles. The number of nitrogens with zero attached hydrogens (tertiary/aromatic N) is 2. The molecule has 0 saturated heterocycles. The summed E-state index contributed by atoms with van der Waals surface area (Å²) in [6.45, 7) is 3.52. The average molecular weight is 347 g/mol. The molecular weight excluding hydrogens is 322 g/mol. The summed E-state index contributed by atoms with van der Waals surface area (Å²) in [5, 5.41) is 12.3. The van der Waals surface area contributed by atoms with Crippen molar-refractivity contribution in [2.45, 2.75) is 45.3 Å². The maximum Gasteiger partial charge on any atom is 0.315 e. The van der Waals surface area contributed by atoms with Crippen LogP contribution in [0.4, 0.5) is 4.79 Å². The highest BCUT2D eigenvalue weighted by molar-refractivity contribution is 5.73. The van der Waals surface area contributed by atoms with E-state index in [9.17, 15) is 4.79 Å². The van der Waals surface area contributed by atoms with Gasteiger partial charge in [-0.15, -0.1) is 5.10 Å². The molecule has 3 rings (SSSR count). The minimum absolute atomic E-state index is 0.253. The van der Waals surface area contributed by atoms with Gasteiger partial charge >= 0.3 is 6.03 Å². The monoisotopic (exact) mass is 347 g/mol. The fourth-order valence-corrected chi connectivity index (χ4v) is 3.02. The van der Waals surface area contributed by atoms with Gasteiger partial charge in [0.05, 0.1) is 25.5 Å². The molecular formula is C17H25N5O3. The second kappa shape index (κ2) is 8.66. The maximum atomic E-state index is 11.8. The lowest BCUT2D eigenvalue weighted by Gasteiger charge is -2.28. The van der Waals surface area contributed by atoms with E-state index in [1.807, 2.05) is 0 Å². The number of aromatic amines is 1. The van der Waals surface area contributed by atoms with Gasteiger partial charge in [-0.05, 0) is 30.9 Å². The Hall–Kier alpha value is -2.35. The third-order valence-corrected chi connectivity index (χ3v) is 4.44. The number of carbonyl (C=O) groups excluding carboxylic acids is 1. The average Bonchev–Trinajstić information content (AvgIpc) is 3.29. The van der Waals surface area contributed by atoms with Crippen LogP contribution in [0.5, 0.6) is 0 Å². The Bertz CT molecular complexity index is 655. The van der Waals surface area contributed by atoms with E-state index >= 15 is 0 Å². The first-order valence-electron chi connectivity index (χ1n) is 8.81. The van der Waals surface area contributed by atoms with Crippen LogP contribution >= 0.6 is 0 Å². The van der Waals surface area contributed by atoms with Crippen molar-refractivity contribution in [2.75, 3.05) is 13.2 Å². The molecule has 0 bridgehead atoms. The Balaban J connectivity index is 1.32. The second-order valence-corrected chi connectivity index (χ2v) is 6.36. The van der Waals surface area contributed by atoms with Crippen LogP contribution in [0.1, 0.15) is 38.4 Å². The zero-order chi connectivity index (χ0) is 17.5. The molecule has 8 nitrogen and oxygen atoms in total. The van der Waals surface area contributed by atoms with Gasteiger partial charge in [-0.1, -0.05) is 19.8 Å². The Morgan fingerprint density at radius 1 is 1.40 bits per heavy atom. The first-order chi connectivity index (χ1) is 12.2. The van der Waals surface area contributed by atoms with Crippen LogP contribution in [0.3, 0.4) is 0 Å². The fourth-order valence-electron chi connectivity index (χ4n) is 3.02. The van der Waals surface area contributed by atoms with Crippen molar-refractivity contribution in [2.24, 2.45) is 5.92 Å². The number of hydrogen-bond acceptors (Lipinski definition) is 5. The van der Waals surface area contributed by atoms with E-state index in [-0.39, 0.29) is 12.6 Å². The number of amides is 2. The number of carbonyl (C=O) groups is 1. The van der Waals surface area contributed by atoms with Crippen molar-refractivity contribution >= 4 is 6.03 Å². The van der Waals surface area contributed by atoms with Crippen molar-refractivity contribution in [1.82, 2.24) is 25.8 Å². The summed E-state index contributed by atoms with van der Waals surface area (Å²) in [5.41, 5.74) is 0. The summed E-state index contributed by atoms with van der Waals surface area (Å²) in [5.74, 6) is 2.23. The number of urea groups is 1. The summed E-state index contributed by atoms with van der Waals surface area (Å²) in [6, 6.07) is 3.30. The van der Waals surface area contributed by atoms with E-state index in [1.54, 1.807) is 18.4 Å². The van der Waals surface area contributed by atoms with Gasteiger partial charge in [-0.2, -0.15) is 0 Å². The van der Waals surface area contributed by atoms with Gasteiger partial charge in [0, 0.05) is 6.54 Å². The van der Waals surface area contributed by atoms with Crippen LogP contribution in [0.2, 0.25) is 0 Å². The Labute approximate surface area is 146 Å². The summed E-state index contributed by atoms with van der Waals surface area (Å²) in [6.07, 6.45) is 6.78. The van der Waals surface area contributed by atoms with Crippen molar-refractivity contribution in [1.29, 1.82) is 0 Å². The molecule has 0 aromatic carbocycles. The second-order valence-electron chi connectivity index (χ2n) is 6.36. The number of aromatic nitrogens is 3. The minimum Gasteiger partial charge on any atom is -0.461 e. The molecule has 2 amide bonds. The molecule has 1 saturated carbocycles. The van der Waals surface area contributed by atoms with Crippen LogP contribution in [-0.2, 0) is 11.3 Å². The number of ether oxygens (including phenoxy) is 1. The lowest BCUT2D eigenvalue weighted by molar-refractivity contribution is -0.00243. The van der Waals surface area contributed by atoms with Crippen molar-refractivity contribution < 1.29 is 13.9 Å². The SMILES string of the molecule is CC1CCCCC1OCCNC(=O)NCc1nc(-c2ccco2)n[nH]1. The molecule has 1 fully saturated rings. The first-order valence-corrected chi connectivity index (χ1v) is 8.81. The smallest absolute Gasteiger partial charge is 0.315 e. The molecule has 25 heavy (non-hydrogen) atoms. The van der Waals surface area contributed by atoms with Crippen molar-refractivity contribution in [3.8, 4) is 11.6 Å². The van der Waals surface area contributed by atoms with E-state index < -0.39 is 0 Å². The molecule has 0 spiro atoms. The van der Waals surface area contributed by atoms with Gasteiger partial charge in [0.2, 0.25) is 5.82 Å². The number of hydrogen-bond donors (Lipinski definition) is 3. The zero-order valence-corrected chi connectivity index (χ0v) is 14.5. The predicted molar refractivity (Wildman–Crippen MR) is 91.7 cm³/mol. The standard InChI is InChI=1S/C17H25N5O3/c1-12-5-2-3-6-13(12)25-10-8-18-17(23)19-11-15-20-16(22-21-15)14-7-4-9-24-14/h4,7,9,12-13H,2-3,5-6,8,10-11H2,1H3,(H2,18,19,23)(H,20,21,22). The molecule has 1 aliphatic rings. The molecule has 2 aromatic rings. The van der Waals surface area contributed by atoms with Crippen LogP contribution in [0.15, 0.2) is 22.8 Å². The maximum absolute atomic E-state index is 11.8. The number of H-pyrrole nitrogens is 1. The van der Waals surface area contributed by atoms with Gasteiger partial charge < -0.3 is 19.8 Å². The summed E-state index contributed by atoms with van der Waals surface area (Å²) in [7, 11) is 0. The van der Waals surface area contributed by atoms with Crippen LogP contribution in [0.25, 0.3) is 11.6 Å². The van der Waals surface area contributed by atoms with Crippen LogP contribution in [0, 0.1) is 5.92 Å². The van der Waals surface area contributed by atoms with Gasteiger partial charge in [0.1, 0.15) is 5.82 Å². The number of furan rings is 1. The van der Waals surface area contributed by atoms with Crippen molar-refractivity contribution in [3.63, 3.8) is 0 Å². The quantitative estimate of drug-likeness (QED) is 0.667. The highest BCUT2D eigenvalue weighted by Gasteiger charge is 2.21. The zero-order valence-electron chi connectivity index (χ0n) is 14.5. The molecule has 3 N–H and O–H groups in total. The first kappa shape index (κ1) is 17.5. The topological polar surface area (TPSA) is 105 Å². The highest BCUT2D eigenvalue weighted by Crippen LogP contribution is 2.25. The van der Waals surface area contributed by atoms with E-state index in [0.717, 1.165) is 6.42 Å². The molecule has 1 aliphatic carbocycles. The van der Waals surface area contributed by atoms with E-state index in [0.29, 0.717) is 42.6 Å². The Morgan fingerprint density at radius 2 is 2.28 bits per heavy atom. The normalized spacial score (nSPS) is 20.4. The third-order valence-electron chi connectivity index (χ3n) is 4.44. The minimum atomic E-state index is -0.253. The largest absolute Gasteiger partial charge is 0.461 e. The lowest BCUT2D eigenvalue weighted by Crippen LogP contribution is -2.38. The molecule has 2 atom stereocenters. The molecule has 8 heteroatoms. The summed E-state index contributed by atoms with van der Waals surface area (Å²) >= 11 is 0. The van der Waals surface area contributed by atoms with Gasteiger partial charge in [0.25, 0.3) is 0 Å².